The zero-order valence-electron chi connectivity index (χ0n) is 26.3. The fraction of sp³-hybridized carbons (Fsp3) is 0.152. The van der Waals surface area contributed by atoms with Gasteiger partial charge in [0.15, 0.2) is 0 Å². The van der Waals surface area contributed by atoms with Crippen LogP contribution in [-0.2, 0) is 19.0 Å². The zero-order chi connectivity index (χ0) is 36.3. The molecule has 0 atom stereocenters. The van der Waals surface area contributed by atoms with E-state index < -0.39 is 23.9 Å². The van der Waals surface area contributed by atoms with Gasteiger partial charge in [-0.25, -0.2) is 19.6 Å². The van der Waals surface area contributed by atoms with Gasteiger partial charge in [-0.3, -0.25) is 9.80 Å². The molecule has 0 spiro atoms. The zero-order valence-corrected chi connectivity index (χ0v) is 27.0. The Kier molecular flexibility index (Phi) is 9.63. The molecule has 6 N–H and O–H groups in total. The van der Waals surface area contributed by atoms with Crippen molar-refractivity contribution in [2.75, 3.05) is 39.7 Å². The number of anilines is 5. The van der Waals surface area contributed by atoms with Gasteiger partial charge in [0.05, 0.1) is 11.3 Å². The summed E-state index contributed by atoms with van der Waals surface area (Å²) in [6, 6.07) is 17.3. The van der Waals surface area contributed by atoms with Crippen molar-refractivity contribution in [3.8, 4) is 23.3 Å². The van der Waals surface area contributed by atoms with E-state index in [0.717, 1.165) is 23.3 Å². The predicted octanol–water partition coefficient (Wildman–Crippen LogP) is 7.01. The Bertz CT molecular complexity index is 2100. The molecule has 0 radical (unpaired) electrons. The van der Waals surface area contributed by atoms with Crippen LogP contribution in [-0.4, -0.2) is 50.3 Å². The lowest BCUT2D eigenvalue weighted by Crippen LogP contribution is -2.33. The van der Waals surface area contributed by atoms with E-state index in [1.165, 1.54) is 34.2 Å². The van der Waals surface area contributed by atoms with Gasteiger partial charge in [-0.15, -0.1) is 0 Å². The molecule has 262 valence electrons. The van der Waals surface area contributed by atoms with Gasteiger partial charge in [0.25, 0.3) is 0 Å². The first-order valence-electron chi connectivity index (χ1n) is 15.1. The number of carbonyl (C=O) groups excluding carboxylic acids is 1. The highest BCUT2D eigenvalue weighted by atomic mass is 35.5. The largest absolute Gasteiger partial charge is 0.465 e. The number of hydrogen-bond acceptors (Lipinski definition) is 10. The second kappa shape index (κ2) is 14.2. The van der Waals surface area contributed by atoms with E-state index in [0.29, 0.717) is 54.7 Å². The number of alkyl halides is 3. The Labute approximate surface area is 292 Å². The van der Waals surface area contributed by atoms with Crippen molar-refractivity contribution < 1.29 is 37.3 Å². The molecule has 0 fully saturated rings. The van der Waals surface area contributed by atoms with Gasteiger partial charge in [-0.05, 0) is 78.6 Å². The highest BCUT2D eigenvalue weighted by Gasteiger charge is 2.31. The number of benzene rings is 3. The molecule has 3 amide bonds. The maximum absolute atomic E-state index is 12.9. The van der Waals surface area contributed by atoms with Gasteiger partial charge in [-0.2, -0.15) is 23.1 Å². The average Bonchev–Trinajstić information content (AvgIpc) is 3.69. The maximum atomic E-state index is 12.9. The molecule has 0 saturated carbocycles. The summed E-state index contributed by atoms with van der Waals surface area (Å²) in [5.41, 5.74) is 13.4. The smallest absolute Gasteiger partial charge is 0.416 e. The Hall–Kier alpha value is -6.36. The van der Waals surface area contributed by atoms with Crippen LogP contribution in [0.4, 0.5) is 51.7 Å². The molecule has 0 bridgehead atoms. The molecular weight excluding hydrogens is 695 g/mol. The Balaban J connectivity index is 0.000000193. The molecule has 2 aliphatic rings. The summed E-state index contributed by atoms with van der Waals surface area (Å²) in [6.07, 6.45) is -2.70. The molecule has 4 heterocycles. The first-order valence-corrected chi connectivity index (χ1v) is 15.5. The number of nitrogens with zero attached hydrogens (tertiary/aromatic N) is 6. The van der Waals surface area contributed by atoms with Crippen molar-refractivity contribution in [1.82, 2.24) is 19.9 Å². The Morgan fingerprint density at radius 1 is 0.804 bits per heavy atom. The number of fused-ring (bicyclic) bond motifs is 2. The molecule has 18 heteroatoms. The minimum Gasteiger partial charge on any atom is -0.465 e. The number of halogens is 4. The third-order valence-electron chi connectivity index (χ3n) is 7.59. The van der Waals surface area contributed by atoms with Gasteiger partial charge in [0, 0.05) is 42.8 Å². The molecule has 5 aromatic rings. The quantitative estimate of drug-likeness (QED) is 0.136. The number of hydrogen-bond donors (Lipinski definition) is 4. The van der Waals surface area contributed by atoms with E-state index in [4.69, 9.17) is 37.6 Å². The molecule has 2 aliphatic heterocycles. The van der Waals surface area contributed by atoms with Crippen molar-refractivity contribution in [2.45, 2.75) is 19.0 Å². The number of urea groups is 1. The van der Waals surface area contributed by atoms with Crippen LogP contribution in [0.15, 0.2) is 79.0 Å². The van der Waals surface area contributed by atoms with Crippen LogP contribution in [0.5, 0.6) is 23.3 Å². The van der Waals surface area contributed by atoms with Crippen LogP contribution in [0.3, 0.4) is 0 Å². The molecule has 51 heavy (non-hydrogen) atoms. The summed E-state index contributed by atoms with van der Waals surface area (Å²) >= 11 is 5.84. The van der Waals surface area contributed by atoms with Gasteiger partial charge in [0.2, 0.25) is 23.7 Å². The number of ether oxygens (including phenoxy) is 2. The summed E-state index contributed by atoms with van der Waals surface area (Å²) < 4.78 is 49.9. The predicted molar refractivity (Wildman–Crippen MR) is 182 cm³/mol. The number of carbonyl (C=O) groups is 2. The topological polar surface area (TPSA) is 195 Å². The summed E-state index contributed by atoms with van der Waals surface area (Å²) in [5, 5.41) is 11.7. The number of carboxylic acid groups (broad SMARTS) is 1. The molecule has 0 aliphatic carbocycles. The van der Waals surface area contributed by atoms with Crippen molar-refractivity contribution in [3.63, 3.8) is 0 Å². The minimum atomic E-state index is -4.49. The summed E-state index contributed by atoms with van der Waals surface area (Å²) in [4.78, 5) is 41.9. The number of nitrogens with two attached hydrogens (primary N) is 2. The standard InChI is InChI=1S/C20H15ClF3N5O2.C13H12N4O3/c21-16-10-17(28-18(25)27-16)31-14-4-5-15-11(8-14)6-7-29(15)19(30)26-13-3-1-2-12(9-13)20(22,23)24;14-12-15-5-3-11(16-12)20-9-1-2-10-8(7-9)4-6-17(10)13(18)19/h1-5,8-10H,6-7H2,(H,26,30)(H2,25,27,28);1-3,5,7H,4,6H2,(H,18,19)(H2,14,15,16). The Morgan fingerprint density at radius 2 is 1.43 bits per heavy atom. The highest BCUT2D eigenvalue weighted by Crippen LogP contribution is 2.35. The number of aromatic nitrogens is 4. The summed E-state index contributed by atoms with van der Waals surface area (Å²) in [7, 11) is 0. The molecule has 14 nitrogen and oxygen atoms in total. The number of rotatable bonds is 5. The van der Waals surface area contributed by atoms with Crippen molar-refractivity contribution in [1.29, 1.82) is 0 Å². The monoisotopic (exact) mass is 721 g/mol. The Morgan fingerprint density at radius 3 is 2.06 bits per heavy atom. The van der Waals surface area contributed by atoms with Gasteiger partial charge >= 0.3 is 18.3 Å². The highest BCUT2D eigenvalue weighted by molar-refractivity contribution is 6.29. The molecule has 2 aromatic heterocycles. The lowest BCUT2D eigenvalue weighted by atomic mass is 10.1. The summed E-state index contributed by atoms with van der Waals surface area (Å²) in [5.74, 6) is 1.70. The molecule has 0 unspecified atom stereocenters. The van der Waals surface area contributed by atoms with Crippen LogP contribution in [0.25, 0.3) is 0 Å². The van der Waals surface area contributed by atoms with Crippen LogP contribution in [0.1, 0.15) is 16.7 Å². The normalized spacial score (nSPS) is 13.1. The first-order chi connectivity index (χ1) is 24.3. The number of nitrogens with one attached hydrogen (secondary N) is 1. The lowest BCUT2D eigenvalue weighted by Gasteiger charge is -2.19. The van der Waals surface area contributed by atoms with E-state index in [9.17, 15) is 22.8 Å². The van der Waals surface area contributed by atoms with E-state index >= 15 is 0 Å². The minimum absolute atomic E-state index is 0.0268. The van der Waals surface area contributed by atoms with Crippen LogP contribution >= 0.6 is 11.6 Å². The van der Waals surface area contributed by atoms with Gasteiger partial charge < -0.3 is 31.4 Å². The van der Waals surface area contributed by atoms with E-state index in [-0.39, 0.29) is 28.6 Å². The lowest BCUT2D eigenvalue weighted by molar-refractivity contribution is -0.137. The van der Waals surface area contributed by atoms with Gasteiger partial charge in [0.1, 0.15) is 16.7 Å². The van der Waals surface area contributed by atoms with E-state index in [1.807, 2.05) is 6.07 Å². The third-order valence-corrected chi connectivity index (χ3v) is 7.79. The maximum Gasteiger partial charge on any atom is 0.416 e. The van der Waals surface area contributed by atoms with Crippen molar-refractivity contribution >= 4 is 52.7 Å². The second-order valence-corrected chi connectivity index (χ2v) is 11.4. The van der Waals surface area contributed by atoms with E-state index in [2.05, 4.69) is 25.3 Å². The first kappa shape index (κ1) is 34.5. The van der Waals surface area contributed by atoms with E-state index in [1.54, 1.807) is 36.4 Å². The van der Waals surface area contributed by atoms with Crippen LogP contribution in [0.2, 0.25) is 5.15 Å². The molecule has 0 saturated heterocycles. The molecule has 7 rings (SSSR count). The SMILES string of the molecule is Nc1nc(Cl)cc(Oc2ccc3c(c2)CCN3C(=O)Nc2cccc(C(F)(F)F)c2)n1.Nc1nccc(Oc2ccc3c(c2)CCN3C(=O)O)n1. The van der Waals surface area contributed by atoms with Crippen LogP contribution < -0.4 is 36.1 Å². The fourth-order valence-electron chi connectivity index (χ4n) is 5.38. The van der Waals surface area contributed by atoms with Gasteiger partial charge in [-0.1, -0.05) is 17.7 Å². The van der Waals surface area contributed by atoms with Crippen molar-refractivity contribution in [3.05, 3.63) is 101 Å². The van der Waals surface area contributed by atoms with Crippen molar-refractivity contribution in [2.24, 2.45) is 0 Å². The fourth-order valence-corrected chi connectivity index (χ4v) is 5.56. The molecular formula is C33H27ClF3N9O5. The number of amides is 3. The van der Waals surface area contributed by atoms with Crippen LogP contribution in [0, 0.1) is 0 Å². The molecule has 3 aromatic carbocycles. The number of nitrogen functional groups attached to an aromatic ring is 2. The second-order valence-electron chi connectivity index (χ2n) is 11.0. The third kappa shape index (κ3) is 8.27. The summed E-state index contributed by atoms with van der Waals surface area (Å²) in [6.45, 7) is 0.838. The average molecular weight is 722 g/mol.